The molecule has 0 spiro atoms. The number of imide groups is 1. The van der Waals surface area contributed by atoms with Gasteiger partial charge in [-0.05, 0) is 55.8 Å². The molecule has 18 heavy (non-hydrogen) atoms. The Labute approximate surface area is 123 Å². The lowest BCUT2D eigenvalue weighted by Crippen LogP contribution is -2.17. The monoisotopic (exact) mass is 393 g/mol. The number of carbonyl (C=O) groups excluding carboxylic acids is 2. The third kappa shape index (κ3) is 2.40. The average Bonchev–Trinajstić information content (AvgIpc) is 2.62. The van der Waals surface area contributed by atoms with Crippen LogP contribution < -0.4 is 5.32 Å². The third-order valence-corrected chi connectivity index (χ3v) is 4.29. The molecule has 1 fully saturated rings. The predicted octanol–water partition coefficient (Wildman–Crippen LogP) is 2.95. The second-order valence-corrected chi connectivity index (χ2v) is 5.97. The van der Waals surface area contributed by atoms with Crippen LogP contribution in [0.15, 0.2) is 19.9 Å². The Morgan fingerprint density at radius 3 is 2.44 bits per heavy atom. The van der Waals surface area contributed by atoms with Crippen molar-refractivity contribution in [3.63, 3.8) is 0 Å². The zero-order valence-electron chi connectivity index (χ0n) is 8.53. The van der Waals surface area contributed by atoms with Crippen molar-refractivity contribution in [1.82, 2.24) is 5.32 Å². The van der Waals surface area contributed by atoms with E-state index in [0.29, 0.717) is 10.0 Å². The first-order valence-corrected chi connectivity index (χ1v) is 6.95. The number of amides is 2. The molecular formula is C10H5Br2NO4S. The lowest BCUT2D eigenvalue weighted by atomic mass is 10.1. The summed E-state index contributed by atoms with van der Waals surface area (Å²) >= 11 is 6.89. The van der Waals surface area contributed by atoms with Gasteiger partial charge in [0.05, 0.1) is 9.38 Å². The second-order valence-electron chi connectivity index (χ2n) is 3.31. The van der Waals surface area contributed by atoms with E-state index in [2.05, 4.69) is 37.2 Å². The highest BCUT2D eigenvalue weighted by atomic mass is 79.9. The highest BCUT2D eigenvalue weighted by Crippen LogP contribution is 2.42. The van der Waals surface area contributed by atoms with Crippen LogP contribution in [0.3, 0.4) is 0 Å². The molecule has 1 aromatic rings. The van der Waals surface area contributed by atoms with Gasteiger partial charge in [0.25, 0.3) is 11.1 Å². The Morgan fingerprint density at radius 1 is 1.22 bits per heavy atom. The number of hydrogen-bond donors (Lipinski definition) is 3. The molecule has 2 rings (SSSR count). The number of carbonyl (C=O) groups is 2. The number of benzene rings is 1. The molecule has 3 N–H and O–H groups in total. The van der Waals surface area contributed by atoms with E-state index in [1.54, 1.807) is 0 Å². The molecule has 0 radical (unpaired) electrons. The van der Waals surface area contributed by atoms with Gasteiger partial charge in [-0.15, -0.1) is 0 Å². The van der Waals surface area contributed by atoms with Gasteiger partial charge >= 0.3 is 0 Å². The number of thioether (sulfide) groups is 1. The fourth-order valence-corrected chi connectivity index (χ4v) is 3.12. The molecule has 0 saturated carbocycles. The summed E-state index contributed by atoms with van der Waals surface area (Å²) in [5.41, 5.74) is 0.305. The van der Waals surface area contributed by atoms with E-state index < -0.39 is 11.1 Å². The van der Waals surface area contributed by atoms with Crippen LogP contribution in [0.4, 0.5) is 4.79 Å². The Morgan fingerprint density at radius 2 is 1.89 bits per heavy atom. The summed E-state index contributed by atoms with van der Waals surface area (Å²) < 4.78 is 0.465. The van der Waals surface area contributed by atoms with Gasteiger partial charge in [0.15, 0.2) is 0 Å². The average molecular weight is 395 g/mol. The SMILES string of the molecule is O=C1NC(=O)/C(=C/c2cc(Br)c(O)c(Br)c2O)S1. The molecule has 5 nitrogen and oxygen atoms in total. The van der Waals surface area contributed by atoms with Gasteiger partial charge in [-0.25, -0.2) is 0 Å². The van der Waals surface area contributed by atoms with Crippen molar-refractivity contribution in [2.45, 2.75) is 0 Å². The molecule has 0 aliphatic carbocycles. The van der Waals surface area contributed by atoms with Crippen molar-refractivity contribution < 1.29 is 19.8 Å². The zero-order valence-corrected chi connectivity index (χ0v) is 12.5. The molecule has 1 aliphatic heterocycles. The van der Waals surface area contributed by atoms with Crippen LogP contribution in [0.5, 0.6) is 11.5 Å². The van der Waals surface area contributed by atoms with E-state index in [0.717, 1.165) is 11.8 Å². The van der Waals surface area contributed by atoms with Crippen LogP contribution in [0.2, 0.25) is 0 Å². The van der Waals surface area contributed by atoms with Crippen LogP contribution in [-0.4, -0.2) is 21.4 Å². The minimum absolute atomic E-state index is 0.110. The molecule has 2 amide bonds. The number of phenols is 2. The van der Waals surface area contributed by atoms with Crippen LogP contribution in [-0.2, 0) is 4.79 Å². The molecule has 0 unspecified atom stereocenters. The standard InChI is InChI=1S/C10H5Br2NO4S/c11-4-1-3(7(14)6(12)8(4)15)2-5-9(16)13-10(17)18-5/h1-2,14-15H,(H,13,16,17)/b5-2-. The van der Waals surface area contributed by atoms with Gasteiger partial charge in [-0.1, -0.05) is 0 Å². The Balaban J connectivity index is 2.50. The normalized spacial score (nSPS) is 17.3. The Hall–Kier alpha value is -0.990. The first-order chi connectivity index (χ1) is 8.40. The fraction of sp³-hybridized carbons (Fsp3) is 0. The first-order valence-electron chi connectivity index (χ1n) is 4.55. The number of nitrogens with one attached hydrogen (secondary N) is 1. The molecule has 1 aromatic carbocycles. The molecule has 0 aromatic heterocycles. The van der Waals surface area contributed by atoms with E-state index in [9.17, 15) is 19.8 Å². The van der Waals surface area contributed by atoms with E-state index >= 15 is 0 Å². The minimum Gasteiger partial charge on any atom is -0.506 e. The molecule has 1 saturated heterocycles. The summed E-state index contributed by atoms with van der Waals surface area (Å²) in [5, 5.41) is 21.0. The molecule has 1 heterocycles. The number of hydrogen-bond acceptors (Lipinski definition) is 5. The quantitative estimate of drug-likeness (QED) is 0.637. The summed E-state index contributed by atoms with van der Waals surface area (Å²) in [6.07, 6.45) is 1.37. The third-order valence-electron chi connectivity index (χ3n) is 2.13. The Kier molecular flexibility index (Phi) is 3.69. The fourth-order valence-electron chi connectivity index (χ4n) is 1.29. The number of aromatic hydroxyl groups is 2. The highest BCUT2D eigenvalue weighted by molar-refractivity contribution is 9.11. The van der Waals surface area contributed by atoms with Crippen molar-refractivity contribution in [3.05, 3.63) is 25.5 Å². The maximum Gasteiger partial charge on any atom is 0.290 e. The van der Waals surface area contributed by atoms with Gasteiger partial charge in [0.2, 0.25) is 0 Å². The lowest BCUT2D eigenvalue weighted by molar-refractivity contribution is -0.115. The van der Waals surface area contributed by atoms with E-state index in [-0.39, 0.29) is 20.9 Å². The second kappa shape index (κ2) is 4.94. The van der Waals surface area contributed by atoms with Crippen LogP contribution in [0, 0.1) is 0 Å². The van der Waals surface area contributed by atoms with Gasteiger partial charge in [-0.2, -0.15) is 0 Å². The van der Waals surface area contributed by atoms with Gasteiger partial charge in [0, 0.05) is 5.56 Å². The van der Waals surface area contributed by atoms with Crippen molar-refractivity contribution in [2.24, 2.45) is 0 Å². The van der Waals surface area contributed by atoms with Gasteiger partial charge < -0.3 is 10.2 Å². The topological polar surface area (TPSA) is 86.6 Å². The van der Waals surface area contributed by atoms with Crippen molar-refractivity contribution in [1.29, 1.82) is 0 Å². The maximum absolute atomic E-state index is 11.4. The molecule has 1 aliphatic rings. The van der Waals surface area contributed by atoms with E-state index in [1.165, 1.54) is 12.1 Å². The number of rotatable bonds is 1. The number of phenolic OH excluding ortho intramolecular Hbond substituents is 2. The van der Waals surface area contributed by atoms with Gasteiger partial charge in [-0.3, -0.25) is 14.9 Å². The molecule has 8 heteroatoms. The van der Waals surface area contributed by atoms with E-state index in [4.69, 9.17) is 0 Å². The van der Waals surface area contributed by atoms with Crippen molar-refractivity contribution in [2.75, 3.05) is 0 Å². The molecule has 94 valence electrons. The predicted molar refractivity (Wildman–Crippen MR) is 74.3 cm³/mol. The number of halogens is 2. The summed E-state index contributed by atoms with van der Waals surface area (Å²) in [6, 6.07) is 1.44. The summed E-state index contributed by atoms with van der Waals surface area (Å²) in [4.78, 5) is 22.5. The smallest absolute Gasteiger partial charge is 0.290 e. The molecular weight excluding hydrogens is 390 g/mol. The highest BCUT2D eigenvalue weighted by Gasteiger charge is 2.26. The van der Waals surface area contributed by atoms with Crippen LogP contribution in [0.25, 0.3) is 6.08 Å². The largest absolute Gasteiger partial charge is 0.506 e. The van der Waals surface area contributed by atoms with E-state index in [1.807, 2.05) is 0 Å². The van der Waals surface area contributed by atoms with Crippen molar-refractivity contribution >= 4 is 60.8 Å². The summed E-state index contributed by atoms with van der Waals surface area (Å²) in [6.45, 7) is 0. The summed E-state index contributed by atoms with van der Waals surface area (Å²) in [5.74, 6) is -0.866. The minimum atomic E-state index is -0.510. The van der Waals surface area contributed by atoms with Crippen LogP contribution >= 0.6 is 43.6 Å². The maximum atomic E-state index is 11.4. The lowest BCUT2D eigenvalue weighted by Gasteiger charge is -2.06. The Bertz CT molecular complexity index is 600. The van der Waals surface area contributed by atoms with Crippen LogP contribution in [0.1, 0.15) is 5.56 Å². The summed E-state index contributed by atoms with van der Waals surface area (Å²) in [7, 11) is 0. The zero-order chi connectivity index (χ0) is 13.4. The molecule has 0 bridgehead atoms. The van der Waals surface area contributed by atoms with Crippen molar-refractivity contribution in [3.8, 4) is 11.5 Å². The molecule has 0 atom stereocenters. The first kappa shape index (κ1) is 13.4. The van der Waals surface area contributed by atoms with Gasteiger partial charge in [0.1, 0.15) is 16.0 Å².